The lowest BCUT2D eigenvalue weighted by molar-refractivity contribution is 0.365. The van der Waals surface area contributed by atoms with Crippen LogP contribution in [0.4, 0.5) is 0 Å². The molecule has 3 heteroatoms. The van der Waals surface area contributed by atoms with E-state index >= 15 is 0 Å². The lowest BCUT2D eigenvalue weighted by atomic mass is 9.94. The van der Waals surface area contributed by atoms with Crippen LogP contribution in [0.3, 0.4) is 0 Å². The van der Waals surface area contributed by atoms with Crippen molar-refractivity contribution in [1.29, 1.82) is 5.26 Å². The predicted molar refractivity (Wildman–Crippen MR) is 62.1 cm³/mol. The van der Waals surface area contributed by atoms with Gasteiger partial charge in [0.25, 0.3) is 0 Å². The summed E-state index contributed by atoms with van der Waals surface area (Å²) in [6, 6.07) is 10.6. The van der Waals surface area contributed by atoms with Crippen LogP contribution >= 0.6 is 0 Å². The highest BCUT2D eigenvalue weighted by atomic mass is 16.5. The zero-order valence-corrected chi connectivity index (χ0v) is 9.44. The second-order valence-electron chi connectivity index (χ2n) is 4.11. The highest BCUT2D eigenvalue weighted by molar-refractivity contribution is 5.31. The topological polar surface area (TPSA) is 45.0 Å². The molecule has 2 unspecified atom stereocenters. The van der Waals surface area contributed by atoms with E-state index in [1.54, 1.807) is 7.11 Å². The van der Waals surface area contributed by atoms with Crippen molar-refractivity contribution < 1.29 is 4.74 Å². The number of nitriles is 1. The Labute approximate surface area is 96.0 Å². The molecule has 0 bridgehead atoms. The third kappa shape index (κ3) is 2.34. The Hall–Kier alpha value is -1.53. The van der Waals surface area contributed by atoms with E-state index < -0.39 is 0 Å². The Morgan fingerprint density at radius 1 is 1.44 bits per heavy atom. The zero-order chi connectivity index (χ0) is 11.4. The van der Waals surface area contributed by atoms with Gasteiger partial charge in [0, 0.05) is 6.04 Å². The van der Waals surface area contributed by atoms with Gasteiger partial charge in [-0.05, 0) is 37.0 Å². The Morgan fingerprint density at radius 3 is 3.06 bits per heavy atom. The van der Waals surface area contributed by atoms with Gasteiger partial charge in [0.15, 0.2) is 0 Å². The second-order valence-corrected chi connectivity index (χ2v) is 4.11. The molecule has 1 aliphatic heterocycles. The first-order chi connectivity index (χ1) is 7.83. The summed E-state index contributed by atoms with van der Waals surface area (Å²) in [6.07, 6.45) is 3.15. The number of hydrogen-bond acceptors (Lipinski definition) is 3. The Kier molecular flexibility index (Phi) is 3.43. The minimum atomic E-state index is -0.00930. The highest BCUT2D eigenvalue weighted by Crippen LogP contribution is 2.27. The molecule has 3 nitrogen and oxygen atoms in total. The molecule has 1 aliphatic rings. The Balaban J connectivity index is 2.14. The summed E-state index contributed by atoms with van der Waals surface area (Å²) < 4.78 is 5.21. The minimum Gasteiger partial charge on any atom is -0.497 e. The van der Waals surface area contributed by atoms with Gasteiger partial charge in [-0.25, -0.2) is 0 Å². The van der Waals surface area contributed by atoms with E-state index in [4.69, 9.17) is 10.00 Å². The summed E-state index contributed by atoms with van der Waals surface area (Å²) in [5.74, 6) is 0.874. The fourth-order valence-corrected chi connectivity index (χ4v) is 2.16. The van der Waals surface area contributed by atoms with Gasteiger partial charge in [-0.3, -0.25) is 5.32 Å². The van der Waals surface area contributed by atoms with E-state index in [-0.39, 0.29) is 12.1 Å². The number of rotatable bonds is 2. The van der Waals surface area contributed by atoms with Crippen molar-refractivity contribution >= 4 is 0 Å². The molecule has 84 valence electrons. The first kappa shape index (κ1) is 11.0. The largest absolute Gasteiger partial charge is 0.497 e. The first-order valence-electron chi connectivity index (χ1n) is 5.63. The van der Waals surface area contributed by atoms with Gasteiger partial charge in [-0.15, -0.1) is 0 Å². The van der Waals surface area contributed by atoms with Crippen LogP contribution in [-0.4, -0.2) is 13.2 Å². The summed E-state index contributed by atoms with van der Waals surface area (Å²) in [7, 11) is 1.67. The summed E-state index contributed by atoms with van der Waals surface area (Å²) >= 11 is 0. The standard InChI is InChI=1S/C13H16N2O/c1-16-12-6-2-4-10(8-12)13-7-3-5-11(9-14)15-13/h2,4,6,8,11,13,15H,3,5,7H2,1H3. The number of nitrogens with zero attached hydrogens (tertiary/aromatic N) is 1. The molecular formula is C13H16N2O. The number of benzene rings is 1. The van der Waals surface area contributed by atoms with E-state index in [1.807, 2.05) is 18.2 Å². The van der Waals surface area contributed by atoms with Crippen LogP contribution in [0.5, 0.6) is 5.75 Å². The quantitative estimate of drug-likeness (QED) is 0.825. The number of nitrogens with one attached hydrogen (secondary N) is 1. The van der Waals surface area contributed by atoms with Crippen LogP contribution in [-0.2, 0) is 0 Å². The van der Waals surface area contributed by atoms with Gasteiger partial charge in [0.05, 0.1) is 19.2 Å². The average Bonchev–Trinajstić information content (AvgIpc) is 2.39. The summed E-state index contributed by atoms with van der Waals surface area (Å²) in [4.78, 5) is 0. The summed E-state index contributed by atoms with van der Waals surface area (Å²) in [5, 5.41) is 12.3. The normalized spacial score (nSPS) is 24.8. The molecule has 0 aliphatic carbocycles. The number of piperidine rings is 1. The molecule has 0 spiro atoms. The zero-order valence-electron chi connectivity index (χ0n) is 9.44. The van der Waals surface area contributed by atoms with Crippen LogP contribution < -0.4 is 10.1 Å². The van der Waals surface area contributed by atoms with Gasteiger partial charge in [-0.1, -0.05) is 12.1 Å². The molecule has 1 fully saturated rings. The Morgan fingerprint density at radius 2 is 2.31 bits per heavy atom. The van der Waals surface area contributed by atoms with Gasteiger partial charge in [0.2, 0.25) is 0 Å². The van der Waals surface area contributed by atoms with Crippen LogP contribution in [0, 0.1) is 11.3 Å². The molecule has 16 heavy (non-hydrogen) atoms. The smallest absolute Gasteiger partial charge is 0.119 e. The summed E-state index contributed by atoms with van der Waals surface area (Å²) in [5.41, 5.74) is 1.21. The molecular weight excluding hydrogens is 200 g/mol. The maximum Gasteiger partial charge on any atom is 0.119 e. The molecule has 0 saturated carbocycles. The van der Waals surface area contributed by atoms with Crippen molar-refractivity contribution in [3.63, 3.8) is 0 Å². The number of hydrogen-bond donors (Lipinski definition) is 1. The van der Waals surface area contributed by atoms with Crippen molar-refractivity contribution in [2.75, 3.05) is 7.11 Å². The van der Waals surface area contributed by atoms with Crippen LogP contribution in [0.15, 0.2) is 24.3 Å². The molecule has 0 aromatic heterocycles. The maximum absolute atomic E-state index is 8.92. The van der Waals surface area contributed by atoms with Gasteiger partial charge in [0.1, 0.15) is 5.75 Å². The van der Waals surface area contributed by atoms with Crippen molar-refractivity contribution in [3.05, 3.63) is 29.8 Å². The number of methoxy groups -OCH3 is 1. The predicted octanol–water partition coefficient (Wildman–Crippen LogP) is 2.40. The first-order valence-corrected chi connectivity index (χ1v) is 5.63. The highest BCUT2D eigenvalue weighted by Gasteiger charge is 2.21. The summed E-state index contributed by atoms with van der Waals surface area (Å²) in [6.45, 7) is 0. The molecule has 0 radical (unpaired) electrons. The second kappa shape index (κ2) is 5.00. The van der Waals surface area contributed by atoms with E-state index in [2.05, 4.69) is 17.5 Å². The lowest BCUT2D eigenvalue weighted by Gasteiger charge is -2.27. The molecule has 2 rings (SSSR count). The third-order valence-corrected chi connectivity index (χ3v) is 3.04. The average molecular weight is 216 g/mol. The van der Waals surface area contributed by atoms with Crippen molar-refractivity contribution in [3.8, 4) is 11.8 Å². The van der Waals surface area contributed by atoms with Crippen LogP contribution in [0.2, 0.25) is 0 Å². The van der Waals surface area contributed by atoms with Gasteiger partial charge < -0.3 is 4.74 Å². The lowest BCUT2D eigenvalue weighted by Crippen LogP contribution is -2.35. The van der Waals surface area contributed by atoms with Gasteiger partial charge >= 0.3 is 0 Å². The molecule has 0 amide bonds. The van der Waals surface area contributed by atoms with Crippen LogP contribution in [0.25, 0.3) is 0 Å². The molecule has 1 N–H and O–H groups in total. The van der Waals surface area contributed by atoms with E-state index in [0.29, 0.717) is 0 Å². The van der Waals surface area contributed by atoms with Crippen molar-refractivity contribution in [2.45, 2.75) is 31.3 Å². The molecule has 2 atom stereocenters. The van der Waals surface area contributed by atoms with Crippen LogP contribution in [0.1, 0.15) is 30.9 Å². The molecule has 1 saturated heterocycles. The van der Waals surface area contributed by atoms with Gasteiger partial charge in [-0.2, -0.15) is 5.26 Å². The SMILES string of the molecule is COc1cccc(C2CCCC(C#N)N2)c1. The van der Waals surface area contributed by atoms with E-state index in [0.717, 1.165) is 25.0 Å². The fourth-order valence-electron chi connectivity index (χ4n) is 2.16. The van der Waals surface area contributed by atoms with Crippen molar-refractivity contribution in [1.82, 2.24) is 5.32 Å². The Bertz CT molecular complexity index is 397. The van der Waals surface area contributed by atoms with Crippen molar-refractivity contribution in [2.24, 2.45) is 0 Å². The third-order valence-electron chi connectivity index (χ3n) is 3.04. The minimum absolute atomic E-state index is 0.00930. The molecule has 1 aromatic rings. The van der Waals surface area contributed by atoms with E-state index in [1.165, 1.54) is 5.56 Å². The monoisotopic (exact) mass is 216 g/mol. The fraction of sp³-hybridized carbons (Fsp3) is 0.462. The molecule has 1 aromatic carbocycles. The number of ether oxygens (including phenoxy) is 1. The van der Waals surface area contributed by atoms with E-state index in [9.17, 15) is 0 Å². The maximum atomic E-state index is 8.92. The molecule has 1 heterocycles.